The zero-order chi connectivity index (χ0) is 23.1. The van der Waals surface area contributed by atoms with Gasteiger partial charge in [-0.15, -0.1) is 0 Å². The summed E-state index contributed by atoms with van der Waals surface area (Å²) in [6.07, 6.45) is 1.67. The summed E-state index contributed by atoms with van der Waals surface area (Å²) in [5, 5.41) is 9.66. The molecule has 0 radical (unpaired) electrons. The molecule has 0 fully saturated rings. The van der Waals surface area contributed by atoms with Crippen LogP contribution in [0.1, 0.15) is 21.5 Å². The number of nitrogens with zero attached hydrogens (tertiary/aromatic N) is 1. The van der Waals surface area contributed by atoms with Crippen LogP contribution in [-0.4, -0.2) is 27.3 Å². The number of hydrogen-bond acceptors (Lipinski definition) is 6. The van der Waals surface area contributed by atoms with Gasteiger partial charge in [0.1, 0.15) is 5.82 Å². The Kier molecular flexibility index (Phi) is 7.09. The number of benzene rings is 3. The van der Waals surface area contributed by atoms with Gasteiger partial charge in [-0.1, -0.05) is 12.1 Å². The van der Waals surface area contributed by atoms with Gasteiger partial charge in [-0.2, -0.15) is 5.26 Å². The highest BCUT2D eigenvalue weighted by atomic mass is 19.1. The van der Waals surface area contributed by atoms with E-state index < -0.39 is 11.8 Å². The van der Waals surface area contributed by atoms with E-state index in [9.17, 15) is 14.4 Å². The molecule has 3 rings (SSSR count). The van der Waals surface area contributed by atoms with Crippen LogP contribution < -0.4 is 18.9 Å². The normalized spacial score (nSPS) is 10.8. The predicted molar refractivity (Wildman–Crippen MR) is 117 cm³/mol. The fourth-order valence-corrected chi connectivity index (χ4v) is 2.98. The molecule has 7 heteroatoms. The third kappa shape index (κ3) is 5.05. The highest BCUT2D eigenvalue weighted by molar-refractivity contribution is 5.92. The molecular weight excluding hydrogens is 413 g/mol. The first-order chi connectivity index (χ1) is 15.5. The van der Waals surface area contributed by atoms with Crippen LogP contribution in [0.25, 0.3) is 11.6 Å². The molecule has 0 heterocycles. The molecule has 0 aliphatic rings. The molecule has 6 nitrogen and oxygen atoms in total. The van der Waals surface area contributed by atoms with Gasteiger partial charge in [0.2, 0.25) is 0 Å². The third-order valence-corrected chi connectivity index (χ3v) is 4.58. The zero-order valence-electron chi connectivity index (χ0n) is 17.7. The number of carbonyl (C=O) groups is 1. The van der Waals surface area contributed by atoms with E-state index in [4.69, 9.17) is 18.9 Å². The van der Waals surface area contributed by atoms with Gasteiger partial charge in [0, 0.05) is 0 Å². The maximum Gasteiger partial charge on any atom is 0.343 e. The van der Waals surface area contributed by atoms with Gasteiger partial charge in [0.05, 0.1) is 38.5 Å². The highest BCUT2D eigenvalue weighted by Crippen LogP contribution is 2.33. The number of halogens is 1. The van der Waals surface area contributed by atoms with E-state index in [1.165, 1.54) is 39.5 Å². The molecule has 0 atom stereocenters. The van der Waals surface area contributed by atoms with Crippen molar-refractivity contribution in [3.05, 3.63) is 83.2 Å². The van der Waals surface area contributed by atoms with Gasteiger partial charge in [-0.25, -0.2) is 9.18 Å². The molecule has 0 saturated heterocycles. The zero-order valence-corrected chi connectivity index (χ0v) is 17.7. The predicted octanol–water partition coefficient (Wildman–Crippen LogP) is 5.13. The second-order valence-corrected chi connectivity index (χ2v) is 6.55. The summed E-state index contributed by atoms with van der Waals surface area (Å²) < 4.78 is 34.6. The number of rotatable bonds is 7. The minimum absolute atomic E-state index is 0.0799. The maximum absolute atomic E-state index is 13.4. The van der Waals surface area contributed by atoms with Crippen molar-refractivity contribution in [2.75, 3.05) is 21.3 Å². The second kappa shape index (κ2) is 10.1. The molecule has 0 amide bonds. The van der Waals surface area contributed by atoms with Crippen LogP contribution >= 0.6 is 0 Å². The third-order valence-electron chi connectivity index (χ3n) is 4.58. The van der Waals surface area contributed by atoms with Crippen molar-refractivity contribution in [2.24, 2.45) is 0 Å². The van der Waals surface area contributed by atoms with Crippen LogP contribution in [0.3, 0.4) is 0 Å². The van der Waals surface area contributed by atoms with Crippen molar-refractivity contribution in [1.82, 2.24) is 0 Å². The molecule has 0 spiro atoms. The summed E-state index contributed by atoms with van der Waals surface area (Å²) in [5.41, 5.74) is 1.76. The van der Waals surface area contributed by atoms with E-state index in [0.717, 1.165) is 6.07 Å². The number of carbonyl (C=O) groups excluding carboxylic acids is 1. The minimum atomic E-state index is -0.714. The Morgan fingerprint density at radius 3 is 2.19 bits per heavy atom. The van der Waals surface area contributed by atoms with Crippen LogP contribution in [0.2, 0.25) is 0 Å². The fraction of sp³-hybridized carbons (Fsp3) is 0.120. The summed E-state index contributed by atoms with van der Waals surface area (Å²) in [7, 11) is 4.49. The number of nitriles is 1. The first-order valence-electron chi connectivity index (χ1n) is 9.49. The Morgan fingerprint density at radius 1 is 0.844 bits per heavy atom. The van der Waals surface area contributed by atoms with Crippen molar-refractivity contribution in [1.29, 1.82) is 5.26 Å². The summed E-state index contributed by atoms with van der Waals surface area (Å²) in [4.78, 5) is 12.3. The lowest BCUT2D eigenvalue weighted by Gasteiger charge is -2.11. The molecule has 0 bridgehead atoms. The Morgan fingerprint density at radius 2 is 1.53 bits per heavy atom. The van der Waals surface area contributed by atoms with Gasteiger partial charge >= 0.3 is 5.97 Å². The van der Waals surface area contributed by atoms with Gasteiger partial charge in [-0.3, -0.25) is 0 Å². The molecule has 162 valence electrons. The maximum atomic E-state index is 13.4. The number of ether oxygens (including phenoxy) is 4. The van der Waals surface area contributed by atoms with Crippen molar-refractivity contribution >= 4 is 17.6 Å². The monoisotopic (exact) mass is 433 g/mol. The Hall–Kier alpha value is -4.31. The Balaban J connectivity index is 1.89. The molecule has 32 heavy (non-hydrogen) atoms. The number of esters is 1. The second-order valence-electron chi connectivity index (χ2n) is 6.55. The van der Waals surface area contributed by atoms with Gasteiger partial charge in [0.15, 0.2) is 23.0 Å². The molecule has 0 saturated carbocycles. The summed E-state index contributed by atoms with van der Waals surface area (Å²) in [5.74, 6) is 0.264. The average Bonchev–Trinajstić information content (AvgIpc) is 2.82. The lowest BCUT2D eigenvalue weighted by atomic mass is 10.0. The van der Waals surface area contributed by atoms with Gasteiger partial charge in [0.25, 0.3) is 0 Å². The lowest BCUT2D eigenvalue weighted by molar-refractivity contribution is 0.0729. The molecular formula is C25H20FNO5. The first-order valence-corrected chi connectivity index (χ1v) is 9.49. The van der Waals surface area contributed by atoms with E-state index in [1.54, 1.807) is 42.5 Å². The highest BCUT2D eigenvalue weighted by Gasteiger charge is 2.14. The molecule has 0 aromatic heterocycles. The van der Waals surface area contributed by atoms with Gasteiger partial charge in [-0.05, 0) is 65.7 Å². The Bertz CT molecular complexity index is 1210. The van der Waals surface area contributed by atoms with Crippen LogP contribution in [0, 0.1) is 17.1 Å². The molecule has 3 aromatic carbocycles. The van der Waals surface area contributed by atoms with E-state index in [1.807, 2.05) is 0 Å². The summed E-state index contributed by atoms with van der Waals surface area (Å²) >= 11 is 0. The van der Waals surface area contributed by atoms with Crippen LogP contribution in [-0.2, 0) is 0 Å². The molecule has 0 aliphatic carbocycles. The van der Waals surface area contributed by atoms with Crippen LogP contribution in [0.4, 0.5) is 4.39 Å². The van der Waals surface area contributed by atoms with Crippen molar-refractivity contribution in [3.63, 3.8) is 0 Å². The Labute approximate surface area is 185 Å². The largest absolute Gasteiger partial charge is 0.493 e. The van der Waals surface area contributed by atoms with E-state index in [2.05, 4.69) is 6.07 Å². The number of hydrogen-bond donors (Lipinski definition) is 0. The lowest BCUT2D eigenvalue weighted by Crippen LogP contribution is -2.09. The average molecular weight is 433 g/mol. The fourth-order valence-electron chi connectivity index (χ4n) is 2.98. The summed E-state index contributed by atoms with van der Waals surface area (Å²) in [6, 6.07) is 17.4. The molecule has 0 aliphatic heterocycles. The van der Waals surface area contributed by atoms with Crippen molar-refractivity contribution in [3.8, 4) is 29.1 Å². The number of methoxy groups -OCH3 is 3. The molecule has 0 unspecified atom stereocenters. The van der Waals surface area contributed by atoms with Crippen LogP contribution in [0.5, 0.6) is 23.0 Å². The van der Waals surface area contributed by atoms with Crippen LogP contribution in [0.15, 0.2) is 60.7 Å². The van der Waals surface area contributed by atoms with Crippen molar-refractivity contribution < 1.29 is 28.1 Å². The minimum Gasteiger partial charge on any atom is -0.493 e. The first kappa shape index (κ1) is 22.4. The standard InChI is InChI=1S/C25H20FNO5/c1-29-21-10-8-17(14-24(21)31-3)19(15-27)11-16-7-9-22(23(12-16)30-2)32-25(28)18-5-4-6-20(26)13-18/h4-14H,1-3H3/b19-11-. The molecule has 3 aromatic rings. The topological polar surface area (TPSA) is 77.8 Å². The number of allylic oxidation sites excluding steroid dienone is 1. The van der Waals surface area contributed by atoms with E-state index in [0.29, 0.717) is 28.2 Å². The van der Waals surface area contributed by atoms with Gasteiger partial charge < -0.3 is 18.9 Å². The van der Waals surface area contributed by atoms with E-state index in [-0.39, 0.29) is 17.1 Å². The molecule has 0 N–H and O–H groups in total. The quantitative estimate of drug-likeness (QED) is 0.222. The summed E-state index contributed by atoms with van der Waals surface area (Å²) in [6.45, 7) is 0. The van der Waals surface area contributed by atoms with E-state index >= 15 is 0 Å². The smallest absolute Gasteiger partial charge is 0.343 e. The SMILES string of the molecule is COc1ccc(/C(C#N)=C\c2ccc(OC(=O)c3cccc(F)c3)c(OC)c2)cc1OC. The van der Waals surface area contributed by atoms with Crippen molar-refractivity contribution in [2.45, 2.75) is 0 Å².